The summed E-state index contributed by atoms with van der Waals surface area (Å²) < 4.78 is 9.70. The minimum atomic E-state index is -0.262. The van der Waals surface area contributed by atoms with E-state index in [2.05, 4.69) is 4.74 Å². The predicted octanol–water partition coefficient (Wildman–Crippen LogP) is 0.896. The Balaban J connectivity index is 2.74. The van der Waals surface area contributed by atoms with Crippen molar-refractivity contribution in [1.29, 1.82) is 0 Å². The minimum Gasteiger partial charge on any atom is -0.466 e. The smallest absolute Gasteiger partial charge is 0.336 e. The first-order valence-corrected chi connectivity index (χ1v) is 3.60. The molecule has 0 N–H and O–H groups in total. The number of ether oxygens (including phenoxy) is 2. The van der Waals surface area contributed by atoms with Crippen molar-refractivity contribution in [2.45, 2.75) is 13.3 Å². The van der Waals surface area contributed by atoms with E-state index in [4.69, 9.17) is 4.74 Å². The fourth-order valence-corrected chi connectivity index (χ4v) is 1.03. The maximum Gasteiger partial charge on any atom is 0.336 e. The monoisotopic (exact) mass is 156 g/mol. The average molecular weight is 156 g/mol. The van der Waals surface area contributed by atoms with Gasteiger partial charge in [-0.1, -0.05) is 5.57 Å². The van der Waals surface area contributed by atoms with Gasteiger partial charge in [-0.05, 0) is 13.3 Å². The second kappa shape index (κ2) is 3.53. The van der Waals surface area contributed by atoms with Gasteiger partial charge >= 0.3 is 5.97 Å². The highest BCUT2D eigenvalue weighted by Crippen LogP contribution is 2.15. The Kier molecular flexibility index (Phi) is 2.65. The molecule has 0 fully saturated rings. The van der Waals surface area contributed by atoms with Crippen molar-refractivity contribution in [3.63, 3.8) is 0 Å². The summed E-state index contributed by atoms with van der Waals surface area (Å²) in [6.45, 7) is 3.06. The van der Waals surface area contributed by atoms with E-state index < -0.39 is 0 Å². The van der Waals surface area contributed by atoms with Crippen molar-refractivity contribution in [3.8, 4) is 0 Å². The first-order valence-electron chi connectivity index (χ1n) is 3.60. The highest BCUT2D eigenvalue weighted by Gasteiger charge is 2.16. The summed E-state index contributed by atoms with van der Waals surface area (Å²) in [7, 11) is 1.39. The summed E-state index contributed by atoms with van der Waals surface area (Å²) in [6.07, 6.45) is 0.838. The molecule has 3 nitrogen and oxygen atoms in total. The van der Waals surface area contributed by atoms with E-state index in [0.29, 0.717) is 18.8 Å². The molecule has 0 atom stereocenters. The lowest BCUT2D eigenvalue weighted by Gasteiger charge is -2.15. The molecule has 1 aliphatic heterocycles. The molecular weight excluding hydrogens is 144 g/mol. The Morgan fingerprint density at radius 3 is 2.91 bits per heavy atom. The molecular formula is C8H12O3. The van der Waals surface area contributed by atoms with Crippen LogP contribution >= 0.6 is 0 Å². The van der Waals surface area contributed by atoms with E-state index in [0.717, 1.165) is 12.0 Å². The van der Waals surface area contributed by atoms with Crippen LogP contribution in [0.2, 0.25) is 0 Å². The molecule has 0 aromatic carbocycles. The number of hydrogen-bond donors (Lipinski definition) is 0. The van der Waals surface area contributed by atoms with Gasteiger partial charge < -0.3 is 9.47 Å². The minimum absolute atomic E-state index is 0.262. The Labute approximate surface area is 66.0 Å². The molecule has 0 bridgehead atoms. The molecule has 62 valence electrons. The van der Waals surface area contributed by atoms with Gasteiger partial charge in [0.15, 0.2) is 0 Å². The fourth-order valence-electron chi connectivity index (χ4n) is 1.03. The van der Waals surface area contributed by atoms with Crippen molar-refractivity contribution in [3.05, 3.63) is 11.1 Å². The Morgan fingerprint density at radius 1 is 1.64 bits per heavy atom. The van der Waals surface area contributed by atoms with Gasteiger partial charge in [0.25, 0.3) is 0 Å². The molecule has 11 heavy (non-hydrogen) atoms. The molecule has 0 radical (unpaired) electrons. The number of methoxy groups -OCH3 is 1. The fraction of sp³-hybridized carbons (Fsp3) is 0.625. The van der Waals surface area contributed by atoms with Crippen LogP contribution in [0.1, 0.15) is 13.3 Å². The summed E-state index contributed by atoms with van der Waals surface area (Å²) in [5.41, 5.74) is 1.77. The second-order valence-corrected chi connectivity index (χ2v) is 2.55. The van der Waals surface area contributed by atoms with Crippen LogP contribution in [0.5, 0.6) is 0 Å². The number of carbonyl (C=O) groups is 1. The normalized spacial score (nSPS) is 18.4. The lowest BCUT2D eigenvalue weighted by Crippen LogP contribution is -2.17. The van der Waals surface area contributed by atoms with Gasteiger partial charge in [-0.2, -0.15) is 0 Å². The maximum atomic E-state index is 11.0. The van der Waals surface area contributed by atoms with E-state index in [1.165, 1.54) is 7.11 Å². The van der Waals surface area contributed by atoms with Crippen molar-refractivity contribution in [1.82, 2.24) is 0 Å². The Bertz CT molecular complexity index is 194. The van der Waals surface area contributed by atoms with Crippen molar-refractivity contribution < 1.29 is 14.3 Å². The summed E-state index contributed by atoms with van der Waals surface area (Å²) >= 11 is 0. The third kappa shape index (κ3) is 1.80. The van der Waals surface area contributed by atoms with Crippen LogP contribution in [-0.2, 0) is 14.3 Å². The zero-order valence-electron chi connectivity index (χ0n) is 6.85. The van der Waals surface area contributed by atoms with Crippen LogP contribution < -0.4 is 0 Å². The highest BCUT2D eigenvalue weighted by molar-refractivity contribution is 5.89. The van der Waals surface area contributed by atoms with Gasteiger partial charge in [-0.25, -0.2) is 4.79 Å². The molecule has 0 unspecified atom stereocenters. The lowest BCUT2D eigenvalue weighted by atomic mass is 10.1. The molecule has 0 aromatic rings. The summed E-state index contributed by atoms with van der Waals surface area (Å²) in [4.78, 5) is 11.0. The molecule has 3 heteroatoms. The van der Waals surface area contributed by atoms with Gasteiger partial charge in [0.05, 0.1) is 25.9 Å². The van der Waals surface area contributed by atoms with Crippen LogP contribution in [0.25, 0.3) is 0 Å². The molecule has 0 spiro atoms. The average Bonchev–Trinajstić information content (AvgIpc) is 2.04. The number of hydrogen-bond acceptors (Lipinski definition) is 3. The van der Waals surface area contributed by atoms with Crippen LogP contribution in [0.4, 0.5) is 0 Å². The molecule has 0 aliphatic carbocycles. The molecule has 0 aromatic heterocycles. The van der Waals surface area contributed by atoms with Crippen LogP contribution in [0.15, 0.2) is 11.1 Å². The SMILES string of the molecule is COC(=O)C1=C(C)CCOC1. The van der Waals surface area contributed by atoms with E-state index in [1.807, 2.05) is 6.92 Å². The van der Waals surface area contributed by atoms with E-state index >= 15 is 0 Å². The topological polar surface area (TPSA) is 35.5 Å². The van der Waals surface area contributed by atoms with Gasteiger partial charge in [0.1, 0.15) is 0 Å². The maximum absolute atomic E-state index is 11.0. The molecule has 1 aliphatic rings. The van der Waals surface area contributed by atoms with Crippen molar-refractivity contribution in [2.24, 2.45) is 0 Å². The second-order valence-electron chi connectivity index (χ2n) is 2.55. The molecule has 0 saturated heterocycles. The van der Waals surface area contributed by atoms with Crippen LogP contribution in [0.3, 0.4) is 0 Å². The molecule has 1 rings (SSSR count). The lowest BCUT2D eigenvalue weighted by molar-refractivity contribution is -0.137. The van der Waals surface area contributed by atoms with Crippen molar-refractivity contribution >= 4 is 5.97 Å². The zero-order valence-corrected chi connectivity index (χ0v) is 6.85. The first kappa shape index (κ1) is 8.27. The zero-order chi connectivity index (χ0) is 8.27. The van der Waals surface area contributed by atoms with Crippen LogP contribution in [0, 0.1) is 0 Å². The van der Waals surface area contributed by atoms with E-state index in [9.17, 15) is 4.79 Å². The van der Waals surface area contributed by atoms with Gasteiger partial charge in [-0.3, -0.25) is 0 Å². The van der Waals surface area contributed by atoms with Gasteiger partial charge in [0.2, 0.25) is 0 Å². The number of carbonyl (C=O) groups excluding carboxylic acids is 1. The highest BCUT2D eigenvalue weighted by atomic mass is 16.5. The number of esters is 1. The standard InChI is InChI=1S/C8H12O3/c1-6-3-4-11-5-7(6)8(9)10-2/h3-5H2,1-2H3. The molecule has 0 saturated carbocycles. The van der Waals surface area contributed by atoms with E-state index in [-0.39, 0.29) is 5.97 Å². The largest absolute Gasteiger partial charge is 0.466 e. The third-order valence-electron chi connectivity index (χ3n) is 1.81. The first-order chi connectivity index (χ1) is 5.25. The summed E-state index contributed by atoms with van der Waals surface area (Å²) in [6, 6.07) is 0. The third-order valence-corrected chi connectivity index (χ3v) is 1.81. The van der Waals surface area contributed by atoms with E-state index in [1.54, 1.807) is 0 Å². The quantitative estimate of drug-likeness (QED) is 0.529. The Morgan fingerprint density at radius 2 is 2.36 bits per heavy atom. The molecule has 1 heterocycles. The van der Waals surface area contributed by atoms with Crippen LogP contribution in [-0.4, -0.2) is 26.3 Å². The summed E-state index contributed by atoms with van der Waals surface area (Å²) in [5, 5.41) is 0. The predicted molar refractivity (Wildman–Crippen MR) is 40.2 cm³/mol. The van der Waals surface area contributed by atoms with Gasteiger partial charge in [0, 0.05) is 0 Å². The molecule has 0 amide bonds. The number of rotatable bonds is 1. The Hall–Kier alpha value is -0.830. The van der Waals surface area contributed by atoms with Gasteiger partial charge in [-0.15, -0.1) is 0 Å². The van der Waals surface area contributed by atoms with Crippen molar-refractivity contribution in [2.75, 3.05) is 20.3 Å². The summed E-state index contributed by atoms with van der Waals surface area (Å²) in [5.74, 6) is -0.262.